The van der Waals surface area contributed by atoms with E-state index >= 15 is 0 Å². The zero-order valence-electron chi connectivity index (χ0n) is 14.8. The van der Waals surface area contributed by atoms with E-state index in [1.165, 1.54) is 13.3 Å². The first kappa shape index (κ1) is 18.6. The molecule has 142 valence electrons. The number of carbonyl (C=O) groups excluding carboxylic acids is 1. The van der Waals surface area contributed by atoms with Gasteiger partial charge in [-0.1, -0.05) is 18.2 Å². The highest BCUT2D eigenvalue weighted by molar-refractivity contribution is 5.99. The lowest BCUT2D eigenvalue weighted by Crippen LogP contribution is -2.15. The third kappa shape index (κ3) is 4.30. The zero-order chi connectivity index (χ0) is 19.9. The summed E-state index contributed by atoms with van der Waals surface area (Å²) in [5, 5.41) is 14.6. The highest BCUT2D eigenvalue weighted by Crippen LogP contribution is 2.28. The quantitative estimate of drug-likeness (QED) is 0.215. The van der Waals surface area contributed by atoms with Crippen LogP contribution in [-0.4, -0.2) is 35.4 Å². The van der Waals surface area contributed by atoms with Crippen LogP contribution < -0.4 is 20.9 Å². The van der Waals surface area contributed by atoms with Crippen LogP contribution in [0.3, 0.4) is 0 Å². The molecule has 0 atom stereocenters. The summed E-state index contributed by atoms with van der Waals surface area (Å²) in [7, 11) is 1.46. The number of nitrogens with two attached hydrogens (primary N) is 2. The molecule has 1 aromatic heterocycles. The van der Waals surface area contributed by atoms with Gasteiger partial charge in [0.25, 0.3) is 0 Å². The highest BCUT2D eigenvalue weighted by atomic mass is 16.6. The van der Waals surface area contributed by atoms with E-state index in [0.717, 1.165) is 0 Å². The summed E-state index contributed by atoms with van der Waals surface area (Å²) in [4.78, 5) is 12.2. The van der Waals surface area contributed by atoms with E-state index in [1.54, 1.807) is 42.5 Å². The molecule has 28 heavy (non-hydrogen) atoms. The number of nitrogens with zero attached hydrogens (tertiary/aromatic N) is 4. The van der Waals surface area contributed by atoms with Crippen LogP contribution >= 0.6 is 0 Å². The third-order valence-electron chi connectivity index (χ3n) is 3.53. The molecule has 0 amide bonds. The second-order valence-electron chi connectivity index (χ2n) is 5.39. The number of hydrogen-bond acceptors (Lipinski definition) is 9. The maximum atomic E-state index is 12.2. The molecule has 4 N–H and O–H groups in total. The number of benzene rings is 2. The second-order valence-corrected chi connectivity index (χ2v) is 5.39. The van der Waals surface area contributed by atoms with Gasteiger partial charge in [0.05, 0.1) is 18.9 Å². The van der Waals surface area contributed by atoms with Gasteiger partial charge in [-0.25, -0.2) is 9.42 Å². The molecular weight excluding hydrogens is 364 g/mol. The second kappa shape index (κ2) is 8.45. The number of esters is 1. The van der Waals surface area contributed by atoms with Crippen molar-refractivity contribution in [2.24, 2.45) is 15.9 Å². The lowest BCUT2D eigenvalue weighted by atomic mass is 10.2. The largest absolute Gasteiger partial charge is 0.493 e. The molecule has 10 heteroatoms. The fraction of sp³-hybridized carbons (Fsp3) is 0.0556. The van der Waals surface area contributed by atoms with E-state index in [2.05, 4.69) is 25.1 Å². The standard InChI is InChI=1S/C18H16N6O4/c1-26-14-9-11(10-21-22-16(19)15-17(20)24-28-23-15)7-8-13(14)27-18(25)12-5-3-2-4-6-12/h2-10H,1H3,(H2,19,22)(H2,20,24)/b21-10+. The average Bonchev–Trinajstić information content (AvgIpc) is 3.15. The topological polar surface area (TPSA) is 151 Å². The Bertz CT molecular complexity index is 1030. The zero-order valence-corrected chi connectivity index (χ0v) is 14.8. The number of rotatable bonds is 6. The van der Waals surface area contributed by atoms with Crippen LogP contribution in [0, 0.1) is 0 Å². The van der Waals surface area contributed by atoms with Crippen molar-refractivity contribution in [2.45, 2.75) is 0 Å². The molecule has 0 aliphatic heterocycles. The summed E-state index contributed by atoms with van der Waals surface area (Å²) >= 11 is 0. The highest BCUT2D eigenvalue weighted by Gasteiger charge is 2.13. The fourth-order valence-electron chi connectivity index (χ4n) is 2.16. The maximum Gasteiger partial charge on any atom is 0.343 e. The van der Waals surface area contributed by atoms with Crippen molar-refractivity contribution in [2.75, 3.05) is 12.8 Å². The minimum Gasteiger partial charge on any atom is -0.493 e. The number of hydrogen-bond donors (Lipinski definition) is 2. The van der Waals surface area contributed by atoms with Crippen LogP contribution in [0.4, 0.5) is 5.82 Å². The van der Waals surface area contributed by atoms with E-state index in [4.69, 9.17) is 20.9 Å². The van der Waals surface area contributed by atoms with E-state index in [9.17, 15) is 4.79 Å². The number of methoxy groups -OCH3 is 1. The van der Waals surface area contributed by atoms with Gasteiger partial charge in [0, 0.05) is 0 Å². The van der Waals surface area contributed by atoms with Crippen molar-refractivity contribution in [3.8, 4) is 11.5 Å². The smallest absolute Gasteiger partial charge is 0.343 e. The van der Waals surface area contributed by atoms with Crippen LogP contribution in [0.5, 0.6) is 11.5 Å². The lowest BCUT2D eigenvalue weighted by Gasteiger charge is -2.09. The van der Waals surface area contributed by atoms with E-state index < -0.39 is 5.97 Å². The van der Waals surface area contributed by atoms with Crippen LogP contribution in [0.2, 0.25) is 0 Å². The number of nitrogen functional groups attached to an aromatic ring is 1. The van der Waals surface area contributed by atoms with E-state index in [0.29, 0.717) is 16.9 Å². The first-order valence-electron chi connectivity index (χ1n) is 7.98. The van der Waals surface area contributed by atoms with Crippen molar-refractivity contribution < 1.29 is 18.9 Å². The molecule has 3 rings (SSSR count). The molecule has 0 aliphatic rings. The number of amidine groups is 1. The third-order valence-corrected chi connectivity index (χ3v) is 3.53. The molecular formula is C18H16N6O4. The number of carbonyl (C=O) groups is 1. The predicted octanol–water partition coefficient (Wildman–Crippen LogP) is 1.62. The van der Waals surface area contributed by atoms with Gasteiger partial charge >= 0.3 is 5.97 Å². The molecule has 0 spiro atoms. The van der Waals surface area contributed by atoms with Gasteiger partial charge < -0.3 is 20.9 Å². The molecule has 0 fully saturated rings. The molecule has 1 heterocycles. The number of aromatic nitrogens is 2. The molecule has 0 saturated heterocycles. The Hall–Kier alpha value is -4.21. The Kier molecular flexibility index (Phi) is 5.60. The summed E-state index contributed by atoms with van der Waals surface area (Å²) in [6.45, 7) is 0. The van der Waals surface area contributed by atoms with Gasteiger partial charge in [-0.2, -0.15) is 5.10 Å². The summed E-state index contributed by atoms with van der Waals surface area (Å²) in [6, 6.07) is 13.5. The molecule has 3 aromatic rings. The lowest BCUT2D eigenvalue weighted by molar-refractivity contribution is 0.0729. The van der Waals surface area contributed by atoms with Crippen LogP contribution in [0.1, 0.15) is 21.6 Å². The maximum absolute atomic E-state index is 12.2. The van der Waals surface area contributed by atoms with Crippen molar-refractivity contribution in [3.63, 3.8) is 0 Å². The van der Waals surface area contributed by atoms with Crippen molar-refractivity contribution >= 4 is 23.8 Å². The van der Waals surface area contributed by atoms with Crippen LogP contribution in [-0.2, 0) is 0 Å². The number of ether oxygens (including phenoxy) is 2. The summed E-state index contributed by atoms with van der Waals surface area (Å²) in [5.41, 5.74) is 12.4. The summed E-state index contributed by atoms with van der Waals surface area (Å²) in [6.07, 6.45) is 1.43. The minimum absolute atomic E-state index is 0.0164. The normalized spacial score (nSPS) is 11.5. The van der Waals surface area contributed by atoms with Gasteiger partial charge in [-0.15, -0.1) is 5.10 Å². The average molecular weight is 380 g/mol. The summed E-state index contributed by atoms with van der Waals surface area (Å²) < 4.78 is 15.1. The molecule has 2 aromatic carbocycles. The van der Waals surface area contributed by atoms with Gasteiger partial charge in [0.1, 0.15) is 0 Å². The van der Waals surface area contributed by atoms with Gasteiger partial charge in [-0.3, -0.25) is 0 Å². The molecule has 0 bridgehead atoms. The molecule has 0 saturated carbocycles. The molecule has 0 aliphatic carbocycles. The van der Waals surface area contributed by atoms with Gasteiger partial charge in [0.2, 0.25) is 0 Å². The van der Waals surface area contributed by atoms with E-state index in [-0.39, 0.29) is 23.1 Å². The molecule has 0 radical (unpaired) electrons. The Balaban J connectivity index is 1.74. The predicted molar refractivity (Wildman–Crippen MR) is 101 cm³/mol. The number of anilines is 1. The Morgan fingerprint density at radius 1 is 1.14 bits per heavy atom. The first-order chi connectivity index (χ1) is 13.6. The Morgan fingerprint density at radius 2 is 1.93 bits per heavy atom. The van der Waals surface area contributed by atoms with Crippen molar-refractivity contribution in [1.82, 2.24) is 10.3 Å². The fourth-order valence-corrected chi connectivity index (χ4v) is 2.16. The van der Waals surface area contributed by atoms with E-state index in [1.807, 2.05) is 6.07 Å². The van der Waals surface area contributed by atoms with Crippen LogP contribution in [0.15, 0.2) is 63.4 Å². The minimum atomic E-state index is -0.489. The van der Waals surface area contributed by atoms with Gasteiger partial charge in [0.15, 0.2) is 28.8 Å². The SMILES string of the molecule is COc1cc(/C=N/N=C(\N)c2nonc2N)ccc1OC(=O)c1ccccc1. The van der Waals surface area contributed by atoms with Crippen LogP contribution in [0.25, 0.3) is 0 Å². The Morgan fingerprint density at radius 3 is 2.61 bits per heavy atom. The molecule has 0 unspecified atom stereocenters. The summed E-state index contributed by atoms with van der Waals surface area (Å²) in [5.74, 6) is 0.114. The van der Waals surface area contributed by atoms with Crippen molar-refractivity contribution in [3.05, 3.63) is 65.4 Å². The Labute approximate surface area is 159 Å². The van der Waals surface area contributed by atoms with Gasteiger partial charge in [-0.05, 0) is 46.2 Å². The monoisotopic (exact) mass is 380 g/mol. The molecule has 10 nitrogen and oxygen atoms in total. The van der Waals surface area contributed by atoms with Crippen molar-refractivity contribution in [1.29, 1.82) is 0 Å². The first-order valence-corrected chi connectivity index (χ1v) is 7.98.